The fourth-order valence-corrected chi connectivity index (χ4v) is 2.77. The Balaban J connectivity index is 1.92. The average molecular weight is 277 g/mol. The standard InChI is InChI=1S/C16H27N3O/c1-13(2)19-9-4-5-14(12-19)16-7-6-15(11-18-16)17-8-10-20-3/h6-7,11,13-14,17H,4-5,8-10,12H2,1-3H3. The van der Waals surface area contributed by atoms with Crippen molar-refractivity contribution in [2.45, 2.75) is 38.6 Å². The lowest BCUT2D eigenvalue weighted by molar-refractivity contribution is 0.166. The van der Waals surface area contributed by atoms with Crippen molar-refractivity contribution in [3.8, 4) is 0 Å². The first-order chi connectivity index (χ1) is 9.70. The van der Waals surface area contributed by atoms with Crippen LogP contribution >= 0.6 is 0 Å². The SMILES string of the molecule is COCCNc1ccc(C2CCCN(C(C)C)C2)nc1. The molecule has 1 aliphatic rings. The van der Waals surface area contributed by atoms with E-state index in [1.807, 2.05) is 6.20 Å². The molecule has 4 nitrogen and oxygen atoms in total. The molecule has 20 heavy (non-hydrogen) atoms. The van der Waals surface area contributed by atoms with Gasteiger partial charge in [0.05, 0.1) is 18.5 Å². The van der Waals surface area contributed by atoms with Crippen LogP contribution in [0.15, 0.2) is 18.3 Å². The predicted molar refractivity (Wildman–Crippen MR) is 83.3 cm³/mol. The topological polar surface area (TPSA) is 37.4 Å². The van der Waals surface area contributed by atoms with Crippen LogP contribution < -0.4 is 5.32 Å². The minimum atomic E-state index is 0.583. The number of hydrogen-bond donors (Lipinski definition) is 1. The van der Waals surface area contributed by atoms with E-state index >= 15 is 0 Å². The first kappa shape index (κ1) is 15.3. The number of aromatic nitrogens is 1. The minimum Gasteiger partial charge on any atom is -0.383 e. The van der Waals surface area contributed by atoms with Gasteiger partial charge >= 0.3 is 0 Å². The third kappa shape index (κ3) is 4.18. The van der Waals surface area contributed by atoms with Gasteiger partial charge in [-0.25, -0.2) is 0 Å². The first-order valence-corrected chi connectivity index (χ1v) is 7.63. The van der Waals surface area contributed by atoms with Crippen LogP contribution in [0.5, 0.6) is 0 Å². The van der Waals surface area contributed by atoms with Crippen LogP contribution in [0.1, 0.15) is 38.3 Å². The Bertz CT molecular complexity index is 391. The zero-order chi connectivity index (χ0) is 14.4. The normalized spacial score (nSPS) is 20.3. The summed E-state index contributed by atoms with van der Waals surface area (Å²) in [4.78, 5) is 7.20. The third-order valence-electron chi connectivity index (χ3n) is 4.02. The van der Waals surface area contributed by atoms with E-state index in [0.717, 1.165) is 18.8 Å². The van der Waals surface area contributed by atoms with Crippen molar-refractivity contribution in [1.29, 1.82) is 0 Å². The second-order valence-electron chi connectivity index (χ2n) is 5.82. The molecule has 0 saturated carbocycles. The highest BCUT2D eigenvalue weighted by Gasteiger charge is 2.23. The first-order valence-electron chi connectivity index (χ1n) is 7.63. The van der Waals surface area contributed by atoms with Gasteiger partial charge < -0.3 is 15.0 Å². The molecule has 1 aliphatic heterocycles. The fourth-order valence-electron chi connectivity index (χ4n) is 2.77. The summed E-state index contributed by atoms with van der Waals surface area (Å²) in [6.07, 6.45) is 4.48. The molecule has 1 atom stereocenters. The molecule has 0 aromatic carbocycles. The lowest BCUT2D eigenvalue weighted by atomic mass is 9.93. The number of piperidine rings is 1. The molecular formula is C16H27N3O. The van der Waals surface area contributed by atoms with Gasteiger partial charge in [-0.3, -0.25) is 4.98 Å². The lowest BCUT2D eigenvalue weighted by Gasteiger charge is -2.35. The molecule has 1 aromatic heterocycles. The average Bonchev–Trinajstić information content (AvgIpc) is 2.48. The summed E-state index contributed by atoms with van der Waals surface area (Å²) in [6, 6.07) is 4.93. The van der Waals surface area contributed by atoms with E-state index in [-0.39, 0.29) is 0 Å². The van der Waals surface area contributed by atoms with Crippen molar-refractivity contribution < 1.29 is 4.74 Å². The van der Waals surface area contributed by atoms with Crippen molar-refractivity contribution in [3.05, 3.63) is 24.0 Å². The van der Waals surface area contributed by atoms with Crippen molar-refractivity contribution in [1.82, 2.24) is 9.88 Å². The molecule has 0 spiro atoms. The maximum Gasteiger partial charge on any atom is 0.0635 e. The predicted octanol–water partition coefficient (Wildman–Crippen LogP) is 2.73. The molecule has 112 valence electrons. The maximum atomic E-state index is 5.03. The number of likely N-dealkylation sites (tertiary alicyclic amines) is 1. The fraction of sp³-hybridized carbons (Fsp3) is 0.688. The molecule has 1 unspecified atom stereocenters. The van der Waals surface area contributed by atoms with Crippen LogP contribution in [0, 0.1) is 0 Å². The molecule has 0 radical (unpaired) electrons. The van der Waals surface area contributed by atoms with E-state index in [1.54, 1.807) is 7.11 Å². The zero-order valence-corrected chi connectivity index (χ0v) is 12.9. The Morgan fingerprint density at radius 3 is 2.95 bits per heavy atom. The van der Waals surface area contributed by atoms with Crippen LogP contribution in [0.2, 0.25) is 0 Å². The third-order valence-corrected chi connectivity index (χ3v) is 4.02. The Labute approximate surface area is 122 Å². The van der Waals surface area contributed by atoms with Crippen LogP contribution in [-0.4, -0.2) is 49.3 Å². The number of rotatable bonds is 6. The van der Waals surface area contributed by atoms with Crippen molar-refractivity contribution >= 4 is 5.69 Å². The van der Waals surface area contributed by atoms with Crippen molar-refractivity contribution in [2.24, 2.45) is 0 Å². The van der Waals surface area contributed by atoms with E-state index in [9.17, 15) is 0 Å². The summed E-state index contributed by atoms with van der Waals surface area (Å²) in [5, 5.41) is 3.30. The number of methoxy groups -OCH3 is 1. The number of pyridine rings is 1. The quantitative estimate of drug-likeness (QED) is 0.811. The Hall–Kier alpha value is -1.13. The summed E-state index contributed by atoms with van der Waals surface area (Å²) < 4.78 is 5.03. The van der Waals surface area contributed by atoms with Crippen LogP contribution in [0.3, 0.4) is 0 Å². The second kappa shape index (κ2) is 7.60. The molecule has 0 bridgehead atoms. The number of hydrogen-bond acceptors (Lipinski definition) is 4. The Kier molecular flexibility index (Phi) is 5.80. The molecule has 1 aromatic rings. The van der Waals surface area contributed by atoms with Crippen molar-refractivity contribution in [3.63, 3.8) is 0 Å². The summed E-state index contributed by atoms with van der Waals surface area (Å²) >= 11 is 0. The summed E-state index contributed by atoms with van der Waals surface area (Å²) in [7, 11) is 1.71. The number of nitrogens with zero attached hydrogens (tertiary/aromatic N) is 2. The summed E-state index contributed by atoms with van der Waals surface area (Å²) in [5.41, 5.74) is 2.30. The van der Waals surface area contributed by atoms with Crippen molar-refractivity contribution in [2.75, 3.05) is 38.7 Å². The Morgan fingerprint density at radius 2 is 2.30 bits per heavy atom. The number of nitrogens with one attached hydrogen (secondary N) is 1. The maximum absolute atomic E-state index is 5.03. The molecule has 0 aliphatic carbocycles. The molecule has 4 heteroatoms. The molecular weight excluding hydrogens is 250 g/mol. The van der Waals surface area contributed by atoms with Gasteiger partial charge in [-0.1, -0.05) is 0 Å². The second-order valence-corrected chi connectivity index (χ2v) is 5.82. The smallest absolute Gasteiger partial charge is 0.0635 e. The van der Waals surface area contributed by atoms with E-state index in [1.165, 1.54) is 25.1 Å². The van der Waals surface area contributed by atoms with Gasteiger partial charge in [0.1, 0.15) is 0 Å². The monoisotopic (exact) mass is 277 g/mol. The van der Waals surface area contributed by atoms with Gasteiger partial charge in [0.2, 0.25) is 0 Å². The van der Waals surface area contributed by atoms with Gasteiger partial charge in [0.25, 0.3) is 0 Å². The number of ether oxygens (including phenoxy) is 1. The lowest BCUT2D eigenvalue weighted by Crippen LogP contribution is -2.39. The largest absolute Gasteiger partial charge is 0.383 e. The zero-order valence-electron chi connectivity index (χ0n) is 12.9. The highest BCUT2D eigenvalue weighted by Crippen LogP contribution is 2.27. The van der Waals surface area contributed by atoms with Crippen LogP contribution in [-0.2, 0) is 4.74 Å². The van der Waals surface area contributed by atoms with Gasteiger partial charge in [0.15, 0.2) is 0 Å². The molecule has 2 rings (SSSR count). The minimum absolute atomic E-state index is 0.583. The van der Waals surface area contributed by atoms with E-state index < -0.39 is 0 Å². The molecule has 1 fully saturated rings. The number of anilines is 1. The van der Waals surface area contributed by atoms with Gasteiger partial charge in [-0.15, -0.1) is 0 Å². The summed E-state index contributed by atoms with van der Waals surface area (Å²) in [5.74, 6) is 0.583. The van der Waals surface area contributed by atoms with Gasteiger partial charge in [-0.05, 0) is 45.4 Å². The molecule has 2 heterocycles. The van der Waals surface area contributed by atoms with E-state index in [0.29, 0.717) is 18.6 Å². The van der Waals surface area contributed by atoms with Crippen LogP contribution in [0.25, 0.3) is 0 Å². The van der Waals surface area contributed by atoms with Gasteiger partial charge in [0, 0.05) is 37.9 Å². The molecule has 0 amide bonds. The Morgan fingerprint density at radius 1 is 1.45 bits per heavy atom. The highest BCUT2D eigenvalue weighted by molar-refractivity contribution is 5.41. The van der Waals surface area contributed by atoms with E-state index in [2.05, 4.69) is 41.2 Å². The highest BCUT2D eigenvalue weighted by atomic mass is 16.5. The molecule has 1 saturated heterocycles. The van der Waals surface area contributed by atoms with E-state index in [4.69, 9.17) is 4.74 Å². The van der Waals surface area contributed by atoms with Gasteiger partial charge in [-0.2, -0.15) is 0 Å². The van der Waals surface area contributed by atoms with Crippen LogP contribution in [0.4, 0.5) is 5.69 Å². The molecule has 1 N–H and O–H groups in total. The summed E-state index contributed by atoms with van der Waals surface area (Å²) in [6.45, 7) is 8.46.